The van der Waals surface area contributed by atoms with Gasteiger partial charge in [-0.05, 0) is 43.9 Å². The van der Waals surface area contributed by atoms with Crippen LogP contribution >= 0.6 is 0 Å². The van der Waals surface area contributed by atoms with Crippen LogP contribution in [0, 0.1) is 28.6 Å². The van der Waals surface area contributed by atoms with Gasteiger partial charge < -0.3 is 5.11 Å². The smallest absolute Gasteiger partial charge is 0.139 e. The highest BCUT2D eigenvalue weighted by atomic mass is 16.3. The molecule has 6 atom stereocenters. The molecule has 0 heterocycles. The van der Waals surface area contributed by atoms with Crippen molar-refractivity contribution in [2.75, 3.05) is 0 Å². The molecule has 122 valence electrons. The molecule has 4 fully saturated rings. The Morgan fingerprint density at radius 2 is 1.73 bits per heavy atom. The molecule has 0 aliphatic heterocycles. The lowest BCUT2D eigenvalue weighted by Crippen LogP contribution is -2.64. The summed E-state index contributed by atoms with van der Waals surface area (Å²) in [6.07, 6.45) is 7.73. The predicted molar refractivity (Wildman–Crippen MR) is 83.2 cm³/mol. The quantitative estimate of drug-likeness (QED) is 0.747. The van der Waals surface area contributed by atoms with Crippen LogP contribution in [0.3, 0.4) is 0 Å². The summed E-state index contributed by atoms with van der Waals surface area (Å²) in [7, 11) is 0. The standard InChI is InChI=1S/C19H28O3/c1-17-10-7-13-16(12(17)5-6-15(17)21)14(20)11-19(22)9-4-3-8-18(13,19)2/h12-13,16,22H,3-11H2,1-2H3/t12-,13+,16+,17-,18+,19-/m0/s1. The zero-order valence-corrected chi connectivity index (χ0v) is 13.9. The zero-order chi connectivity index (χ0) is 15.8. The molecule has 0 bridgehead atoms. The lowest BCUT2D eigenvalue weighted by atomic mass is 9.43. The molecule has 4 aliphatic rings. The molecular weight excluding hydrogens is 276 g/mol. The van der Waals surface area contributed by atoms with Crippen molar-refractivity contribution >= 4 is 11.6 Å². The van der Waals surface area contributed by atoms with E-state index in [4.69, 9.17) is 0 Å². The molecule has 4 saturated carbocycles. The number of fused-ring (bicyclic) bond motifs is 5. The molecular formula is C19H28O3. The van der Waals surface area contributed by atoms with Crippen LogP contribution < -0.4 is 0 Å². The van der Waals surface area contributed by atoms with Gasteiger partial charge in [-0.15, -0.1) is 0 Å². The lowest BCUT2D eigenvalue weighted by Gasteiger charge is -2.61. The summed E-state index contributed by atoms with van der Waals surface area (Å²) in [5, 5.41) is 11.2. The van der Waals surface area contributed by atoms with E-state index in [1.165, 1.54) is 0 Å². The first kappa shape index (κ1) is 14.9. The summed E-state index contributed by atoms with van der Waals surface area (Å²) in [5.74, 6) is 1.15. The fraction of sp³-hybridized carbons (Fsp3) is 0.895. The normalized spacial score (nSPS) is 54.6. The summed E-state index contributed by atoms with van der Waals surface area (Å²) < 4.78 is 0. The fourth-order valence-electron chi connectivity index (χ4n) is 6.73. The van der Waals surface area contributed by atoms with Gasteiger partial charge in [0.1, 0.15) is 11.6 Å². The van der Waals surface area contributed by atoms with Crippen molar-refractivity contribution in [3.8, 4) is 0 Å². The third kappa shape index (κ3) is 1.61. The van der Waals surface area contributed by atoms with E-state index < -0.39 is 5.60 Å². The monoisotopic (exact) mass is 304 g/mol. The van der Waals surface area contributed by atoms with E-state index in [1.807, 2.05) is 0 Å². The van der Waals surface area contributed by atoms with E-state index in [9.17, 15) is 14.7 Å². The van der Waals surface area contributed by atoms with Crippen molar-refractivity contribution in [3.63, 3.8) is 0 Å². The molecule has 0 aromatic heterocycles. The van der Waals surface area contributed by atoms with Crippen LogP contribution in [0.4, 0.5) is 0 Å². The number of rotatable bonds is 0. The first-order valence-electron chi connectivity index (χ1n) is 9.10. The zero-order valence-electron chi connectivity index (χ0n) is 13.9. The van der Waals surface area contributed by atoms with Gasteiger partial charge in [-0.25, -0.2) is 0 Å². The Hall–Kier alpha value is -0.700. The molecule has 0 radical (unpaired) electrons. The van der Waals surface area contributed by atoms with Gasteiger partial charge in [0.15, 0.2) is 0 Å². The van der Waals surface area contributed by atoms with Crippen LogP contribution in [0.1, 0.15) is 71.6 Å². The molecule has 4 rings (SSSR count). The van der Waals surface area contributed by atoms with Gasteiger partial charge >= 0.3 is 0 Å². The Labute approximate surface area is 132 Å². The molecule has 0 aromatic carbocycles. The molecule has 0 unspecified atom stereocenters. The minimum absolute atomic E-state index is 0.0218. The highest BCUT2D eigenvalue weighted by Crippen LogP contribution is 2.65. The number of ketones is 2. The number of aliphatic hydroxyl groups is 1. The second-order valence-electron chi connectivity index (χ2n) is 8.96. The fourth-order valence-corrected chi connectivity index (χ4v) is 6.73. The first-order chi connectivity index (χ1) is 10.3. The molecule has 1 N–H and O–H groups in total. The lowest BCUT2D eigenvalue weighted by molar-refractivity contribution is -0.201. The van der Waals surface area contributed by atoms with E-state index in [2.05, 4.69) is 13.8 Å². The van der Waals surface area contributed by atoms with Crippen LogP contribution in [-0.4, -0.2) is 22.3 Å². The van der Waals surface area contributed by atoms with Gasteiger partial charge in [-0.2, -0.15) is 0 Å². The molecule has 22 heavy (non-hydrogen) atoms. The molecule has 4 aliphatic carbocycles. The second kappa shape index (κ2) is 4.43. The maximum Gasteiger partial charge on any atom is 0.139 e. The van der Waals surface area contributed by atoms with Crippen molar-refractivity contribution in [1.29, 1.82) is 0 Å². The maximum atomic E-state index is 13.0. The van der Waals surface area contributed by atoms with Crippen LogP contribution in [0.2, 0.25) is 0 Å². The Bertz CT molecular complexity index is 541. The van der Waals surface area contributed by atoms with Crippen molar-refractivity contribution in [1.82, 2.24) is 0 Å². The van der Waals surface area contributed by atoms with Crippen molar-refractivity contribution in [2.24, 2.45) is 28.6 Å². The Morgan fingerprint density at radius 3 is 2.50 bits per heavy atom. The minimum atomic E-state index is -0.792. The number of hydrogen-bond donors (Lipinski definition) is 1. The number of carbonyl (C=O) groups excluding carboxylic acids is 2. The molecule has 0 aromatic rings. The molecule has 0 spiro atoms. The summed E-state index contributed by atoms with van der Waals surface area (Å²) in [5.41, 5.74) is -1.19. The van der Waals surface area contributed by atoms with E-state index in [0.29, 0.717) is 18.6 Å². The van der Waals surface area contributed by atoms with Gasteiger partial charge in [0.25, 0.3) is 0 Å². The van der Waals surface area contributed by atoms with Crippen molar-refractivity contribution in [2.45, 2.75) is 77.2 Å². The highest BCUT2D eigenvalue weighted by Gasteiger charge is 2.66. The molecule has 3 nitrogen and oxygen atoms in total. The van der Waals surface area contributed by atoms with E-state index in [0.717, 1.165) is 44.9 Å². The van der Waals surface area contributed by atoms with Gasteiger partial charge in [-0.1, -0.05) is 26.7 Å². The van der Waals surface area contributed by atoms with Crippen molar-refractivity contribution in [3.05, 3.63) is 0 Å². The van der Waals surface area contributed by atoms with E-state index in [1.54, 1.807) is 0 Å². The van der Waals surface area contributed by atoms with Gasteiger partial charge in [0.05, 0.1) is 5.60 Å². The van der Waals surface area contributed by atoms with Crippen LogP contribution in [0.15, 0.2) is 0 Å². The third-order valence-corrected chi connectivity index (χ3v) is 8.24. The predicted octanol–water partition coefficient (Wildman–Crippen LogP) is 3.28. The van der Waals surface area contributed by atoms with Crippen LogP contribution in [0.25, 0.3) is 0 Å². The summed E-state index contributed by atoms with van der Waals surface area (Å²) in [6.45, 7) is 4.33. The average molecular weight is 304 g/mol. The summed E-state index contributed by atoms with van der Waals surface area (Å²) in [6, 6.07) is 0. The Morgan fingerprint density at radius 1 is 1.00 bits per heavy atom. The van der Waals surface area contributed by atoms with Crippen molar-refractivity contribution < 1.29 is 14.7 Å². The number of carbonyl (C=O) groups is 2. The Kier molecular flexibility index (Phi) is 3.00. The highest BCUT2D eigenvalue weighted by molar-refractivity contribution is 5.91. The van der Waals surface area contributed by atoms with Crippen LogP contribution in [-0.2, 0) is 9.59 Å². The SMILES string of the molecule is C[C@]12CC[C@@H]3[C@H](C(=O)C[C@@]4(O)CCCC[C@]34C)[C@@H]1CCC2=O. The third-order valence-electron chi connectivity index (χ3n) is 8.24. The number of hydrogen-bond acceptors (Lipinski definition) is 3. The maximum absolute atomic E-state index is 13.0. The topological polar surface area (TPSA) is 54.4 Å². The van der Waals surface area contributed by atoms with Gasteiger partial charge in [-0.3, -0.25) is 9.59 Å². The van der Waals surface area contributed by atoms with E-state index in [-0.39, 0.29) is 34.4 Å². The second-order valence-corrected chi connectivity index (χ2v) is 8.96. The largest absolute Gasteiger partial charge is 0.389 e. The van der Waals surface area contributed by atoms with Crippen LogP contribution in [0.5, 0.6) is 0 Å². The first-order valence-corrected chi connectivity index (χ1v) is 9.10. The van der Waals surface area contributed by atoms with E-state index >= 15 is 0 Å². The molecule has 0 amide bonds. The van der Waals surface area contributed by atoms with Gasteiger partial charge in [0, 0.05) is 29.6 Å². The molecule has 0 saturated heterocycles. The Balaban J connectivity index is 1.76. The molecule has 3 heteroatoms. The summed E-state index contributed by atoms with van der Waals surface area (Å²) >= 11 is 0. The average Bonchev–Trinajstić information content (AvgIpc) is 2.76. The van der Waals surface area contributed by atoms with Gasteiger partial charge in [0.2, 0.25) is 0 Å². The minimum Gasteiger partial charge on any atom is -0.389 e. The summed E-state index contributed by atoms with van der Waals surface area (Å²) in [4.78, 5) is 25.3. The number of Topliss-reactive ketones (excluding diaryl/α,β-unsaturated/α-hetero) is 2.